The van der Waals surface area contributed by atoms with Gasteiger partial charge >= 0.3 is 5.97 Å². The minimum atomic E-state index is -1.76. The van der Waals surface area contributed by atoms with Gasteiger partial charge in [-0.25, -0.2) is 4.79 Å². The molecule has 1 aliphatic carbocycles. The summed E-state index contributed by atoms with van der Waals surface area (Å²) in [4.78, 5) is 11.1. The minimum Gasteiger partial charge on any atom is -0.496 e. The van der Waals surface area contributed by atoms with Crippen molar-refractivity contribution in [3.8, 4) is 5.75 Å². The molecule has 1 atom stereocenters. The van der Waals surface area contributed by atoms with Crippen LogP contribution in [-0.2, 0) is 16.8 Å². The Morgan fingerprint density at radius 1 is 1.50 bits per heavy atom. The fourth-order valence-electron chi connectivity index (χ4n) is 2.28. The van der Waals surface area contributed by atoms with Crippen LogP contribution in [0.3, 0.4) is 0 Å². The standard InChI is InChI=1S/C12H14O4/c1-16-10-6-2-5-9-8(10)4-3-7-12(9,15)11(13)14/h2,5-6,15H,3-4,7H2,1H3,(H,13,14). The maximum absolute atomic E-state index is 11.1. The SMILES string of the molecule is COc1cccc2c1CCCC2(O)C(=O)O. The molecular formula is C12H14O4. The Kier molecular flexibility index (Phi) is 2.59. The van der Waals surface area contributed by atoms with E-state index < -0.39 is 11.6 Å². The lowest BCUT2D eigenvalue weighted by Gasteiger charge is -2.31. The van der Waals surface area contributed by atoms with Crippen LogP contribution in [-0.4, -0.2) is 23.3 Å². The Bertz CT molecular complexity index is 427. The molecule has 1 aromatic rings. The van der Waals surface area contributed by atoms with Crippen LogP contribution >= 0.6 is 0 Å². The lowest BCUT2D eigenvalue weighted by Crippen LogP contribution is -2.39. The highest BCUT2D eigenvalue weighted by molar-refractivity contribution is 5.80. The van der Waals surface area contributed by atoms with Crippen molar-refractivity contribution in [2.24, 2.45) is 0 Å². The minimum absolute atomic E-state index is 0.252. The fraction of sp³-hybridized carbons (Fsp3) is 0.417. The lowest BCUT2D eigenvalue weighted by molar-refractivity contribution is -0.161. The van der Waals surface area contributed by atoms with Crippen LogP contribution in [0.2, 0.25) is 0 Å². The first-order valence-electron chi connectivity index (χ1n) is 5.21. The van der Waals surface area contributed by atoms with Gasteiger partial charge in [-0.2, -0.15) is 0 Å². The van der Waals surface area contributed by atoms with Crippen molar-refractivity contribution in [3.05, 3.63) is 29.3 Å². The number of carboxylic acid groups (broad SMARTS) is 1. The Labute approximate surface area is 93.5 Å². The number of hydrogen-bond donors (Lipinski definition) is 2. The van der Waals surface area contributed by atoms with Gasteiger partial charge in [0.05, 0.1) is 7.11 Å². The van der Waals surface area contributed by atoms with E-state index >= 15 is 0 Å². The van der Waals surface area contributed by atoms with Gasteiger partial charge in [0.2, 0.25) is 0 Å². The Morgan fingerprint density at radius 2 is 2.25 bits per heavy atom. The fourth-order valence-corrected chi connectivity index (χ4v) is 2.28. The summed E-state index contributed by atoms with van der Waals surface area (Å²) < 4.78 is 5.18. The monoisotopic (exact) mass is 222 g/mol. The number of hydrogen-bond acceptors (Lipinski definition) is 3. The van der Waals surface area contributed by atoms with Crippen molar-refractivity contribution in [2.45, 2.75) is 24.9 Å². The summed E-state index contributed by atoms with van der Waals surface area (Å²) in [6, 6.07) is 5.15. The van der Waals surface area contributed by atoms with E-state index in [4.69, 9.17) is 9.84 Å². The van der Waals surface area contributed by atoms with E-state index in [1.54, 1.807) is 25.3 Å². The van der Waals surface area contributed by atoms with Crippen molar-refractivity contribution >= 4 is 5.97 Å². The Morgan fingerprint density at radius 3 is 2.88 bits per heavy atom. The van der Waals surface area contributed by atoms with Crippen LogP contribution in [0.1, 0.15) is 24.0 Å². The highest BCUT2D eigenvalue weighted by Gasteiger charge is 2.42. The van der Waals surface area contributed by atoms with Crippen LogP contribution < -0.4 is 4.74 Å². The maximum atomic E-state index is 11.1. The zero-order valence-electron chi connectivity index (χ0n) is 9.06. The summed E-state index contributed by atoms with van der Waals surface area (Å²) in [5.41, 5.74) is -0.492. The van der Waals surface area contributed by atoms with Crippen LogP contribution in [0, 0.1) is 0 Å². The Balaban J connectivity index is 2.59. The molecule has 0 aromatic heterocycles. The van der Waals surface area contributed by atoms with Gasteiger partial charge in [-0.1, -0.05) is 12.1 Å². The molecule has 0 aliphatic heterocycles. The zero-order valence-corrected chi connectivity index (χ0v) is 9.06. The van der Waals surface area contributed by atoms with Crippen molar-refractivity contribution < 1.29 is 19.7 Å². The van der Waals surface area contributed by atoms with Crippen LogP contribution in [0.25, 0.3) is 0 Å². The van der Waals surface area contributed by atoms with Gasteiger partial charge < -0.3 is 14.9 Å². The van der Waals surface area contributed by atoms with Gasteiger partial charge in [-0.15, -0.1) is 0 Å². The third-order valence-electron chi connectivity index (χ3n) is 3.12. The van der Waals surface area contributed by atoms with E-state index in [0.29, 0.717) is 17.7 Å². The summed E-state index contributed by atoms with van der Waals surface area (Å²) in [5.74, 6) is -0.543. The second-order valence-electron chi connectivity index (χ2n) is 4.01. The molecule has 2 N–H and O–H groups in total. The molecule has 0 amide bonds. The number of benzene rings is 1. The highest BCUT2D eigenvalue weighted by atomic mass is 16.5. The van der Waals surface area contributed by atoms with Gasteiger partial charge in [0.1, 0.15) is 5.75 Å². The number of carboxylic acids is 1. The van der Waals surface area contributed by atoms with E-state index in [-0.39, 0.29) is 6.42 Å². The lowest BCUT2D eigenvalue weighted by atomic mass is 9.79. The molecule has 0 spiro atoms. The molecule has 16 heavy (non-hydrogen) atoms. The van der Waals surface area contributed by atoms with Crippen molar-refractivity contribution in [1.29, 1.82) is 0 Å². The molecule has 2 rings (SSSR count). The molecule has 0 radical (unpaired) electrons. The summed E-state index contributed by atoms with van der Waals surface area (Å²) in [6.07, 6.45) is 1.65. The third kappa shape index (κ3) is 1.46. The molecule has 1 aromatic carbocycles. The summed E-state index contributed by atoms with van der Waals surface area (Å²) in [7, 11) is 1.55. The molecule has 0 fully saturated rings. The molecule has 0 heterocycles. The van der Waals surface area contributed by atoms with Crippen LogP contribution in [0.15, 0.2) is 18.2 Å². The van der Waals surface area contributed by atoms with Gasteiger partial charge in [0, 0.05) is 11.1 Å². The topological polar surface area (TPSA) is 66.8 Å². The largest absolute Gasteiger partial charge is 0.496 e. The first kappa shape index (κ1) is 11.0. The zero-order chi connectivity index (χ0) is 11.8. The molecular weight excluding hydrogens is 208 g/mol. The number of rotatable bonds is 2. The first-order chi connectivity index (χ1) is 7.59. The van der Waals surface area contributed by atoms with Crippen molar-refractivity contribution in [1.82, 2.24) is 0 Å². The average molecular weight is 222 g/mol. The number of aliphatic carboxylic acids is 1. The number of aliphatic hydroxyl groups is 1. The number of methoxy groups -OCH3 is 1. The van der Waals surface area contributed by atoms with Gasteiger partial charge in [0.25, 0.3) is 0 Å². The Hall–Kier alpha value is -1.55. The summed E-state index contributed by atoms with van der Waals surface area (Å²) >= 11 is 0. The predicted octanol–water partition coefficient (Wildman–Crippen LogP) is 1.30. The van der Waals surface area contributed by atoms with E-state index in [9.17, 15) is 9.90 Å². The summed E-state index contributed by atoms with van der Waals surface area (Å²) in [5, 5.41) is 19.3. The van der Waals surface area contributed by atoms with Gasteiger partial charge in [-0.05, 0) is 25.3 Å². The highest BCUT2D eigenvalue weighted by Crippen LogP contribution is 2.39. The van der Waals surface area contributed by atoms with E-state index in [0.717, 1.165) is 12.0 Å². The molecule has 1 unspecified atom stereocenters. The van der Waals surface area contributed by atoms with E-state index in [2.05, 4.69) is 0 Å². The number of ether oxygens (including phenoxy) is 1. The van der Waals surface area contributed by atoms with Crippen LogP contribution in [0.5, 0.6) is 5.75 Å². The van der Waals surface area contributed by atoms with Crippen molar-refractivity contribution in [2.75, 3.05) is 7.11 Å². The second kappa shape index (κ2) is 3.79. The molecule has 0 saturated carbocycles. The maximum Gasteiger partial charge on any atom is 0.340 e. The molecule has 86 valence electrons. The van der Waals surface area contributed by atoms with E-state index in [1.165, 1.54) is 0 Å². The number of fused-ring (bicyclic) bond motifs is 1. The van der Waals surface area contributed by atoms with Crippen LogP contribution in [0.4, 0.5) is 0 Å². The number of carbonyl (C=O) groups is 1. The molecule has 4 nitrogen and oxygen atoms in total. The summed E-state index contributed by atoms with van der Waals surface area (Å²) in [6.45, 7) is 0. The predicted molar refractivity (Wildman–Crippen MR) is 57.5 cm³/mol. The molecule has 0 bridgehead atoms. The molecule has 0 saturated heterocycles. The average Bonchev–Trinajstić information content (AvgIpc) is 2.28. The molecule has 4 heteroatoms. The second-order valence-corrected chi connectivity index (χ2v) is 4.01. The van der Waals surface area contributed by atoms with Gasteiger partial charge in [-0.3, -0.25) is 0 Å². The first-order valence-corrected chi connectivity index (χ1v) is 5.21. The smallest absolute Gasteiger partial charge is 0.340 e. The van der Waals surface area contributed by atoms with Gasteiger partial charge in [0.15, 0.2) is 5.60 Å². The quantitative estimate of drug-likeness (QED) is 0.791. The normalized spacial score (nSPS) is 23.6. The van der Waals surface area contributed by atoms with E-state index in [1.807, 2.05) is 0 Å². The molecule has 1 aliphatic rings. The third-order valence-corrected chi connectivity index (χ3v) is 3.12. The van der Waals surface area contributed by atoms with Crippen molar-refractivity contribution in [3.63, 3.8) is 0 Å².